The molecule has 0 saturated carbocycles. The van der Waals surface area contributed by atoms with Gasteiger partial charge in [0.2, 0.25) is 0 Å². The Morgan fingerprint density at radius 1 is 1.50 bits per heavy atom. The third-order valence-electron chi connectivity index (χ3n) is 2.62. The fourth-order valence-corrected chi connectivity index (χ4v) is 3.42. The maximum atomic E-state index is 11.5. The Hall–Kier alpha value is -0.180. The van der Waals surface area contributed by atoms with Crippen LogP contribution in [-0.4, -0.2) is 38.0 Å². The Morgan fingerprint density at radius 3 is 2.61 bits per heavy atom. The van der Waals surface area contributed by atoms with Crippen molar-refractivity contribution in [2.75, 3.05) is 6.61 Å². The molecule has 18 heavy (non-hydrogen) atoms. The summed E-state index contributed by atoms with van der Waals surface area (Å²) in [4.78, 5) is 10.9. The minimum absolute atomic E-state index is 0.00158. The van der Waals surface area contributed by atoms with E-state index >= 15 is 0 Å². The summed E-state index contributed by atoms with van der Waals surface area (Å²) < 4.78 is 35.4. The Labute approximate surface area is 116 Å². The molecule has 3 atom stereocenters. The van der Waals surface area contributed by atoms with Crippen LogP contribution in [0.25, 0.3) is 0 Å². The molecule has 1 N–H and O–H groups in total. The number of alkyl halides is 1. The first-order valence-corrected chi connectivity index (χ1v) is 8.03. The van der Waals surface area contributed by atoms with Crippen molar-refractivity contribution in [2.24, 2.45) is 5.92 Å². The number of halogens is 1. The molecular formula is C10H18BrNO5S. The smallest absolute Gasteiger partial charge is 0.336 e. The highest BCUT2D eigenvalue weighted by molar-refractivity contribution is 9.09. The van der Waals surface area contributed by atoms with Gasteiger partial charge in [-0.15, -0.1) is 0 Å². The number of carbonyl (C=O) groups excluding carboxylic acids is 1. The summed E-state index contributed by atoms with van der Waals surface area (Å²) >= 11 is 3.45. The van der Waals surface area contributed by atoms with Crippen LogP contribution in [0.4, 0.5) is 0 Å². The average molecular weight is 344 g/mol. The van der Waals surface area contributed by atoms with E-state index in [1.165, 1.54) is 6.92 Å². The van der Waals surface area contributed by atoms with E-state index in [-0.39, 0.29) is 17.4 Å². The topological polar surface area (TPSA) is 81.7 Å². The van der Waals surface area contributed by atoms with E-state index < -0.39 is 28.4 Å². The van der Waals surface area contributed by atoms with Gasteiger partial charge in [-0.2, -0.15) is 13.1 Å². The van der Waals surface area contributed by atoms with Gasteiger partial charge in [-0.1, -0.05) is 29.8 Å². The molecule has 0 aromatic heterocycles. The fourth-order valence-electron chi connectivity index (χ4n) is 1.76. The zero-order valence-electron chi connectivity index (χ0n) is 10.6. The lowest BCUT2D eigenvalue weighted by Crippen LogP contribution is -2.50. The van der Waals surface area contributed by atoms with Crippen LogP contribution >= 0.6 is 15.9 Å². The van der Waals surface area contributed by atoms with Crippen molar-refractivity contribution >= 4 is 32.2 Å². The average Bonchev–Trinajstić information content (AvgIpc) is 2.35. The molecule has 1 fully saturated rings. The van der Waals surface area contributed by atoms with Crippen LogP contribution in [0.1, 0.15) is 27.2 Å². The van der Waals surface area contributed by atoms with Crippen LogP contribution in [0.3, 0.4) is 0 Å². The molecule has 1 aliphatic heterocycles. The predicted molar refractivity (Wildman–Crippen MR) is 69.5 cm³/mol. The summed E-state index contributed by atoms with van der Waals surface area (Å²) in [6, 6.07) is -0.540. The Bertz CT molecular complexity index is 397. The molecule has 1 saturated heterocycles. The molecule has 0 unspecified atom stereocenters. The molecule has 0 aliphatic carbocycles. The highest BCUT2D eigenvalue weighted by atomic mass is 79.9. The zero-order valence-corrected chi connectivity index (χ0v) is 13.0. The summed E-state index contributed by atoms with van der Waals surface area (Å²) in [5, 5.41) is 0. The highest BCUT2D eigenvalue weighted by Crippen LogP contribution is 2.24. The van der Waals surface area contributed by atoms with Gasteiger partial charge in [-0.05, 0) is 5.92 Å². The summed E-state index contributed by atoms with van der Waals surface area (Å²) in [7, 11) is -3.79. The largest absolute Gasteiger partial charge is 0.461 e. The molecule has 0 aromatic carbocycles. The first kappa shape index (κ1) is 15.9. The second-order valence-electron chi connectivity index (χ2n) is 4.54. The maximum Gasteiger partial charge on any atom is 0.336 e. The first-order valence-electron chi connectivity index (χ1n) is 5.71. The van der Waals surface area contributed by atoms with Gasteiger partial charge in [0, 0.05) is 18.2 Å². The molecule has 0 bridgehead atoms. The van der Waals surface area contributed by atoms with E-state index in [0.29, 0.717) is 6.42 Å². The number of hydrogen-bond donors (Lipinski definition) is 1. The van der Waals surface area contributed by atoms with Crippen molar-refractivity contribution in [1.29, 1.82) is 0 Å². The fraction of sp³-hybridized carbons (Fsp3) is 0.900. The van der Waals surface area contributed by atoms with Crippen LogP contribution < -0.4 is 4.72 Å². The van der Waals surface area contributed by atoms with Crippen molar-refractivity contribution in [3.63, 3.8) is 0 Å². The Morgan fingerprint density at radius 2 is 2.11 bits per heavy atom. The summed E-state index contributed by atoms with van der Waals surface area (Å²) in [5.74, 6) is -0.261. The van der Waals surface area contributed by atoms with Gasteiger partial charge in [-0.25, -0.2) is 0 Å². The van der Waals surface area contributed by atoms with Crippen molar-refractivity contribution in [3.05, 3.63) is 0 Å². The summed E-state index contributed by atoms with van der Waals surface area (Å²) in [5.41, 5.74) is 0. The lowest BCUT2D eigenvalue weighted by Gasteiger charge is -2.30. The van der Waals surface area contributed by atoms with Crippen LogP contribution in [-0.2, 0) is 24.0 Å². The Balaban J connectivity index is 2.94. The van der Waals surface area contributed by atoms with E-state index in [1.54, 1.807) is 0 Å². The first-order chi connectivity index (χ1) is 8.23. The third kappa shape index (κ3) is 4.49. The maximum absolute atomic E-state index is 11.5. The lowest BCUT2D eigenvalue weighted by atomic mass is 9.98. The molecule has 0 amide bonds. The van der Waals surface area contributed by atoms with E-state index in [4.69, 9.17) is 8.92 Å². The quantitative estimate of drug-likeness (QED) is 0.609. The van der Waals surface area contributed by atoms with Crippen molar-refractivity contribution < 1.29 is 22.1 Å². The highest BCUT2D eigenvalue weighted by Gasteiger charge is 2.37. The van der Waals surface area contributed by atoms with Gasteiger partial charge in [0.15, 0.2) is 0 Å². The molecule has 0 spiro atoms. The number of ether oxygens (including phenoxy) is 1. The van der Waals surface area contributed by atoms with Crippen LogP contribution in [0, 0.1) is 5.92 Å². The number of rotatable bonds is 3. The molecule has 106 valence electrons. The summed E-state index contributed by atoms with van der Waals surface area (Å²) in [6.07, 6.45) is -0.197. The van der Waals surface area contributed by atoms with Crippen molar-refractivity contribution in [2.45, 2.75) is 44.2 Å². The Kier molecular flexibility index (Phi) is 5.57. The minimum Gasteiger partial charge on any atom is -0.461 e. The lowest BCUT2D eigenvalue weighted by molar-refractivity contribution is -0.148. The SMILES string of the molecule is CC(=O)O[C@@H]1CCOS(=O)(=O)N[C@@H]1[C@@H](Br)C(C)C. The van der Waals surface area contributed by atoms with E-state index in [1.807, 2.05) is 13.8 Å². The molecular weight excluding hydrogens is 326 g/mol. The van der Waals surface area contributed by atoms with E-state index in [9.17, 15) is 13.2 Å². The van der Waals surface area contributed by atoms with Crippen LogP contribution in [0.15, 0.2) is 0 Å². The number of nitrogens with one attached hydrogen (secondary N) is 1. The number of esters is 1. The van der Waals surface area contributed by atoms with Gasteiger partial charge in [0.25, 0.3) is 0 Å². The van der Waals surface area contributed by atoms with E-state index in [2.05, 4.69) is 20.7 Å². The molecule has 0 radical (unpaired) electrons. The minimum atomic E-state index is -3.79. The number of carbonyl (C=O) groups is 1. The van der Waals surface area contributed by atoms with Crippen molar-refractivity contribution in [1.82, 2.24) is 4.72 Å². The van der Waals surface area contributed by atoms with Gasteiger partial charge >= 0.3 is 16.3 Å². The van der Waals surface area contributed by atoms with Crippen LogP contribution in [0.2, 0.25) is 0 Å². The normalized spacial score (nSPS) is 29.6. The molecule has 8 heteroatoms. The monoisotopic (exact) mass is 343 g/mol. The standard InChI is InChI=1S/C10H18BrNO5S/c1-6(2)9(11)10-8(17-7(3)13)4-5-16-18(14,15)12-10/h6,8-10,12H,4-5H2,1-3H3/t8-,9+,10+/m1/s1. The van der Waals surface area contributed by atoms with Crippen molar-refractivity contribution in [3.8, 4) is 0 Å². The number of hydrogen-bond acceptors (Lipinski definition) is 5. The van der Waals surface area contributed by atoms with E-state index in [0.717, 1.165) is 0 Å². The molecule has 1 heterocycles. The molecule has 6 nitrogen and oxygen atoms in total. The molecule has 0 aromatic rings. The zero-order chi connectivity index (χ0) is 13.9. The second-order valence-corrected chi connectivity index (χ2v) is 6.98. The summed E-state index contributed by atoms with van der Waals surface area (Å²) in [6.45, 7) is 5.20. The third-order valence-corrected chi connectivity index (χ3v) is 5.28. The van der Waals surface area contributed by atoms with Gasteiger partial charge < -0.3 is 4.74 Å². The van der Waals surface area contributed by atoms with Gasteiger partial charge in [0.1, 0.15) is 6.10 Å². The molecule has 1 aliphatic rings. The van der Waals surface area contributed by atoms with Gasteiger partial charge in [-0.3, -0.25) is 8.98 Å². The predicted octanol–water partition coefficient (Wildman–Crippen LogP) is 0.961. The second kappa shape index (κ2) is 6.31. The molecule has 1 rings (SSSR count). The van der Waals surface area contributed by atoms with Gasteiger partial charge in [0.05, 0.1) is 12.6 Å². The van der Waals surface area contributed by atoms with Crippen LogP contribution in [0.5, 0.6) is 0 Å².